The Kier molecular flexibility index (Phi) is 3.14. The highest BCUT2D eigenvalue weighted by Gasteiger charge is 2.16. The van der Waals surface area contributed by atoms with E-state index in [1.807, 2.05) is 0 Å². The van der Waals surface area contributed by atoms with Gasteiger partial charge in [-0.05, 0) is 35.9 Å². The lowest BCUT2D eigenvalue weighted by molar-refractivity contribution is 0.0997. The van der Waals surface area contributed by atoms with Crippen LogP contribution in [0, 0.1) is 0 Å². The summed E-state index contributed by atoms with van der Waals surface area (Å²) >= 11 is 12.7. The van der Waals surface area contributed by atoms with Crippen molar-refractivity contribution in [1.82, 2.24) is 8.75 Å². The molecule has 96 valence electrons. The van der Waals surface area contributed by atoms with E-state index in [1.54, 1.807) is 12.1 Å². The Hall–Kier alpha value is -1.63. The van der Waals surface area contributed by atoms with Crippen LogP contribution in [0.15, 0.2) is 28.7 Å². The van der Waals surface area contributed by atoms with Gasteiger partial charge in [0.25, 0.3) is 5.91 Å². The van der Waals surface area contributed by atoms with Gasteiger partial charge in [-0.1, -0.05) is 11.6 Å². The molecule has 2 heterocycles. The number of hydrogen-bond donors (Lipinski definition) is 1. The lowest BCUT2D eigenvalue weighted by Crippen LogP contribution is -2.11. The molecule has 3 aromatic rings. The number of anilines is 1. The third-order valence-corrected chi connectivity index (χ3v) is 3.47. The van der Waals surface area contributed by atoms with Gasteiger partial charge >= 0.3 is 0 Å². The van der Waals surface area contributed by atoms with Crippen molar-refractivity contribution in [3.8, 4) is 0 Å². The second kappa shape index (κ2) is 4.80. The fourth-order valence-corrected chi connectivity index (χ4v) is 2.45. The molecule has 5 nitrogen and oxygen atoms in total. The van der Waals surface area contributed by atoms with E-state index in [9.17, 15) is 4.79 Å². The molecule has 0 aliphatic heterocycles. The van der Waals surface area contributed by atoms with Crippen LogP contribution in [-0.2, 0) is 0 Å². The minimum Gasteiger partial charge on any atom is -0.440 e. The Bertz CT molecular complexity index is 768. The maximum atomic E-state index is 12.0. The summed E-state index contributed by atoms with van der Waals surface area (Å²) in [5.41, 5.74) is 1.62. The van der Waals surface area contributed by atoms with Gasteiger partial charge in [-0.3, -0.25) is 4.79 Å². The number of furan rings is 1. The second-order valence-electron chi connectivity index (χ2n) is 3.61. The van der Waals surface area contributed by atoms with Crippen molar-refractivity contribution in [3.05, 3.63) is 40.3 Å². The number of amides is 1. The first-order chi connectivity index (χ1) is 9.15. The molecule has 0 aliphatic carbocycles. The molecule has 0 atom stereocenters. The molecule has 0 unspecified atom stereocenters. The molecule has 8 heteroatoms. The lowest BCUT2D eigenvalue weighted by atomic mass is 10.2. The minimum atomic E-state index is -0.450. The number of nitrogens with one attached hydrogen (secondary N) is 1. The molecule has 2 aromatic heterocycles. The fraction of sp³-hybridized carbons (Fsp3) is 0. The highest BCUT2D eigenvalue weighted by Crippen LogP contribution is 2.30. The van der Waals surface area contributed by atoms with Crippen LogP contribution in [0.5, 0.6) is 0 Å². The summed E-state index contributed by atoms with van der Waals surface area (Å²) in [5, 5.41) is 3.17. The summed E-state index contributed by atoms with van der Waals surface area (Å²) in [4.78, 5) is 12.0. The zero-order valence-corrected chi connectivity index (χ0v) is 11.5. The van der Waals surface area contributed by atoms with E-state index < -0.39 is 5.91 Å². The SMILES string of the molecule is O=C(Nc1c(Cl)ccc2nsnc12)c1ccc(Cl)o1. The molecule has 0 spiro atoms. The molecule has 0 bridgehead atoms. The third-order valence-electron chi connectivity index (χ3n) is 2.41. The van der Waals surface area contributed by atoms with Crippen LogP contribution < -0.4 is 5.32 Å². The van der Waals surface area contributed by atoms with E-state index in [0.29, 0.717) is 21.7 Å². The number of benzene rings is 1. The number of rotatable bonds is 2. The van der Waals surface area contributed by atoms with E-state index in [4.69, 9.17) is 27.6 Å². The molecular weight excluding hydrogens is 309 g/mol. The van der Waals surface area contributed by atoms with Gasteiger partial charge in [-0.25, -0.2) is 0 Å². The molecule has 0 radical (unpaired) electrons. The lowest BCUT2D eigenvalue weighted by Gasteiger charge is -2.05. The third kappa shape index (κ3) is 2.30. The Morgan fingerprint density at radius 2 is 2.05 bits per heavy atom. The van der Waals surface area contributed by atoms with Gasteiger partial charge in [-0.15, -0.1) is 0 Å². The molecule has 0 saturated carbocycles. The monoisotopic (exact) mass is 313 g/mol. The number of aromatic nitrogens is 2. The van der Waals surface area contributed by atoms with Gasteiger partial charge in [0.05, 0.1) is 22.4 Å². The zero-order chi connectivity index (χ0) is 13.4. The van der Waals surface area contributed by atoms with E-state index in [2.05, 4.69) is 14.1 Å². The average molecular weight is 314 g/mol. The molecule has 1 aromatic carbocycles. The number of nitrogens with zero attached hydrogens (tertiary/aromatic N) is 2. The normalized spacial score (nSPS) is 10.8. The average Bonchev–Trinajstić information content (AvgIpc) is 3.01. The molecule has 0 aliphatic rings. The van der Waals surface area contributed by atoms with Crippen molar-refractivity contribution in [2.75, 3.05) is 5.32 Å². The minimum absolute atomic E-state index is 0.0984. The quantitative estimate of drug-likeness (QED) is 0.780. The van der Waals surface area contributed by atoms with E-state index in [0.717, 1.165) is 11.7 Å². The molecule has 0 fully saturated rings. The van der Waals surface area contributed by atoms with Crippen molar-refractivity contribution >= 4 is 57.6 Å². The number of hydrogen-bond acceptors (Lipinski definition) is 5. The largest absolute Gasteiger partial charge is 0.440 e. The van der Waals surface area contributed by atoms with Gasteiger partial charge in [0.1, 0.15) is 11.0 Å². The first-order valence-electron chi connectivity index (χ1n) is 5.12. The van der Waals surface area contributed by atoms with Crippen molar-refractivity contribution in [2.24, 2.45) is 0 Å². The molecule has 0 saturated heterocycles. The zero-order valence-electron chi connectivity index (χ0n) is 9.18. The van der Waals surface area contributed by atoms with Crippen LogP contribution in [0.25, 0.3) is 11.0 Å². The maximum Gasteiger partial charge on any atom is 0.291 e. The summed E-state index contributed by atoms with van der Waals surface area (Å²) in [5.74, 6) is -0.351. The molecule has 1 amide bonds. The number of halogens is 2. The maximum absolute atomic E-state index is 12.0. The predicted molar refractivity (Wildman–Crippen MR) is 74.1 cm³/mol. The van der Waals surface area contributed by atoms with Crippen molar-refractivity contribution in [3.63, 3.8) is 0 Å². The van der Waals surface area contributed by atoms with Gasteiger partial charge in [0, 0.05) is 0 Å². The van der Waals surface area contributed by atoms with Crippen molar-refractivity contribution < 1.29 is 9.21 Å². The van der Waals surface area contributed by atoms with Crippen LogP contribution in [0.3, 0.4) is 0 Å². The van der Waals surface area contributed by atoms with Crippen LogP contribution in [0.1, 0.15) is 10.6 Å². The summed E-state index contributed by atoms with van der Waals surface area (Å²) < 4.78 is 13.2. The van der Waals surface area contributed by atoms with E-state index in [-0.39, 0.29) is 11.0 Å². The highest BCUT2D eigenvalue weighted by molar-refractivity contribution is 7.00. The molecular formula is C11H5Cl2N3O2S. The van der Waals surface area contributed by atoms with Gasteiger partial charge in [-0.2, -0.15) is 8.75 Å². The smallest absolute Gasteiger partial charge is 0.291 e. The number of carbonyl (C=O) groups excluding carboxylic acids is 1. The Balaban J connectivity index is 1.99. The van der Waals surface area contributed by atoms with E-state index in [1.165, 1.54) is 12.1 Å². The van der Waals surface area contributed by atoms with Crippen LogP contribution >= 0.6 is 34.9 Å². The van der Waals surface area contributed by atoms with Crippen LogP contribution in [-0.4, -0.2) is 14.7 Å². The molecule has 19 heavy (non-hydrogen) atoms. The van der Waals surface area contributed by atoms with Crippen LogP contribution in [0.4, 0.5) is 5.69 Å². The molecule has 3 rings (SSSR count). The van der Waals surface area contributed by atoms with Crippen molar-refractivity contribution in [2.45, 2.75) is 0 Å². The molecule has 1 N–H and O–H groups in total. The number of fused-ring (bicyclic) bond motifs is 1. The Morgan fingerprint density at radius 1 is 1.21 bits per heavy atom. The topological polar surface area (TPSA) is 68.0 Å². The number of carbonyl (C=O) groups is 1. The Morgan fingerprint density at radius 3 is 2.79 bits per heavy atom. The highest BCUT2D eigenvalue weighted by atomic mass is 35.5. The second-order valence-corrected chi connectivity index (χ2v) is 4.92. The van der Waals surface area contributed by atoms with Gasteiger partial charge < -0.3 is 9.73 Å². The van der Waals surface area contributed by atoms with E-state index >= 15 is 0 Å². The van der Waals surface area contributed by atoms with Gasteiger partial charge in [0.2, 0.25) is 0 Å². The summed E-state index contributed by atoms with van der Waals surface area (Å²) in [6.45, 7) is 0. The fourth-order valence-electron chi connectivity index (χ4n) is 1.56. The van der Waals surface area contributed by atoms with Crippen molar-refractivity contribution in [1.29, 1.82) is 0 Å². The van der Waals surface area contributed by atoms with Gasteiger partial charge in [0.15, 0.2) is 11.0 Å². The summed E-state index contributed by atoms with van der Waals surface area (Å²) in [6, 6.07) is 6.35. The summed E-state index contributed by atoms with van der Waals surface area (Å²) in [6.07, 6.45) is 0. The Labute approximate surface area is 121 Å². The first kappa shape index (κ1) is 12.4. The first-order valence-corrected chi connectivity index (χ1v) is 6.61. The predicted octanol–water partition coefficient (Wildman–Crippen LogP) is 3.84. The standard InChI is InChI=1S/C11H5Cl2N3O2S/c12-5-1-2-6-10(16-19-15-6)9(5)14-11(17)7-3-4-8(13)18-7/h1-4H,(H,14,17). The summed E-state index contributed by atoms with van der Waals surface area (Å²) in [7, 11) is 0. The van der Waals surface area contributed by atoms with Crippen LogP contribution in [0.2, 0.25) is 10.2 Å².